The highest BCUT2D eigenvalue weighted by molar-refractivity contribution is 5.78. The van der Waals surface area contributed by atoms with E-state index in [4.69, 9.17) is 5.11 Å². The van der Waals surface area contributed by atoms with Gasteiger partial charge in [-0.15, -0.1) is 0 Å². The average Bonchev–Trinajstić information content (AvgIpc) is 2.48. The van der Waals surface area contributed by atoms with Gasteiger partial charge in [0.25, 0.3) is 0 Å². The molecule has 1 aromatic carbocycles. The molecule has 1 fully saturated rings. The van der Waals surface area contributed by atoms with E-state index in [1.54, 1.807) is 0 Å². The Morgan fingerprint density at radius 3 is 2.27 bits per heavy atom. The van der Waals surface area contributed by atoms with Crippen LogP contribution in [0.1, 0.15) is 51.5 Å². The summed E-state index contributed by atoms with van der Waals surface area (Å²) in [6.45, 7) is 4.15. The second-order valence-corrected chi connectivity index (χ2v) is 6.88. The van der Waals surface area contributed by atoms with Crippen molar-refractivity contribution in [1.29, 1.82) is 0 Å². The molecule has 0 radical (unpaired) electrons. The van der Waals surface area contributed by atoms with E-state index in [9.17, 15) is 9.59 Å². The molecule has 4 heteroatoms. The van der Waals surface area contributed by atoms with Gasteiger partial charge in [-0.05, 0) is 36.7 Å². The SMILES string of the molecule is CC(C)(CC(=O)NC1CCC(C(=O)O)CC1)c1ccccc1. The van der Waals surface area contributed by atoms with Crippen LogP contribution in [0, 0.1) is 5.92 Å². The van der Waals surface area contributed by atoms with Gasteiger partial charge in [-0.2, -0.15) is 0 Å². The number of amides is 1. The summed E-state index contributed by atoms with van der Waals surface area (Å²) in [7, 11) is 0. The fraction of sp³-hybridized carbons (Fsp3) is 0.556. The molecule has 0 atom stereocenters. The average molecular weight is 303 g/mol. The third-order valence-corrected chi connectivity index (χ3v) is 4.60. The monoisotopic (exact) mass is 303 g/mol. The number of carbonyl (C=O) groups excluding carboxylic acids is 1. The fourth-order valence-corrected chi connectivity index (χ4v) is 3.16. The number of nitrogens with one attached hydrogen (secondary N) is 1. The molecule has 1 amide bonds. The maximum absolute atomic E-state index is 12.3. The van der Waals surface area contributed by atoms with Gasteiger partial charge in [0.15, 0.2) is 0 Å². The van der Waals surface area contributed by atoms with Crippen molar-refractivity contribution in [3.05, 3.63) is 35.9 Å². The standard InChI is InChI=1S/C18H25NO3/c1-18(2,14-6-4-3-5-7-14)12-16(20)19-15-10-8-13(9-11-15)17(21)22/h3-7,13,15H,8-12H2,1-2H3,(H,19,20)(H,21,22). The van der Waals surface area contributed by atoms with E-state index in [1.165, 1.54) is 0 Å². The molecule has 4 nitrogen and oxygen atoms in total. The third-order valence-electron chi connectivity index (χ3n) is 4.60. The maximum Gasteiger partial charge on any atom is 0.306 e. The zero-order valence-corrected chi connectivity index (χ0v) is 13.3. The predicted molar refractivity (Wildman–Crippen MR) is 85.6 cm³/mol. The van der Waals surface area contributed by atoms with Gasteiger partial charge in [-0.1, -0.05) is 44.2 Å². The molecule has 2 N–H and O–H groups in total. The van der Waals surface area contributed by atoms with Crippen LogP contribution < -0.4 is 5.32 Å². The third kappa shape index (κ3) is 4.33. The van der Waals surface area contributed by atoms with Gasteiger partial charge in [-0.25, -0.2) is 0 Å². The van der Waals surface area contributed by atoms with Gasteiger partial charge < -0.3 is 10.4 Å². The summed E-state index contributed by atoms with van der Waals surface area (Å²) in [6.07, 6.45) is 3.27. The molecule has 120 valence electrons. The Bertz CT molecular complexity index is 516. The lowest BCUT2D eigenvalue weighted by molar-refractivity contribution is -0.142. The van der Waals surface area contributed by atoms with Crippen molar-refractivity contribution in [2.24, 2.45) is 5.92 Å². The molecule has 2 rings (SSSR count). The molecule has 1 aromatic rings. The Labute approximate surface area is 131 Å². The second kappa shape index (κ2) is 6.95. The lowest BCUT2D eigenvalue weighted by atomic mass is 9.81. The number of hydrogen-bond donors (Lipinski definition) is 2. The van der Waals surface area contributed by atoms with Crippen LogP contribution in [0.5, 0.6) is 0 Å². The van der Waals surface area contributed by atoms with Crippen LogP contribution in [-0.4, -0.2) is 23.0 Å². The first kappa shape index (κ1) is 16.5. The van der Waals surface area contributed by atoms with Crippen molar-refractivity contribution in [3.63, 3.8) is 0 Å². The van der Waals surface area contributed by atoms with Gasteiger partial charge >= 0.3 is 5.97 Å². The van der Waals surface area contributed by atoms with Crippen LogP contribution in [0.2, 0.25) is 0 Å². The Kier molecular flexibility index (Phi) is 5.22. The quantitative estimate of drug-likeness (QED) is 0.878. The van der Waals surface area contributed by atoms with E-state index >= 15 is 0 Å². The number of carboxylic acid groups (broad SMARTS) is 1. The van der Waals surface area contributed by atoms with E-state index in [2.05, 4.69) is 19.2 Å². The van der Waals surface area contributed by atoms with E-state index in [1.807, 2.05) is 30.3 Å². The highest BCUT2D eigenvalue weighted by Gasteiger charge is 2.29. The molecule has 0 bridgehead atoms. The Hall–Kier alpha value is -1.84. The number of carboxylic acids is 1. The lowest BCUT2D eigenvalue weighted by Crippen LogP contribution is -2.40. The van der Waals surface area contributed by atoms with Crippen LogP contribution in [0.15, 0.2) is 30.3 Å². The van der Waals surface area contributed by atoms with Gasteiger partial charge in [0, 0.05) is 12.5 Å². The van der Waals surface area contributed by atoms with Gasteiger partial charge in [0.05, 0.1) is 5.92 Å². The zero-order chi connectivity index (χ0) is 16.2. The van der Waals surface area contributed by atoms with Crippen LogP contribution in [0.3, 0.4) is 0 Å². The summed E-state index contributed by atoms with van der Waals surface area (Å²) in [5.41, 5.74) is 0.948. The molecule has 0 saturated heterocycles. The maximum atomic E-state index is 12.3. The highest BCUT2D eigenvalue weighted by atomic mass is 16.4. The van der Waals surface area contributed by atoms with Gasteiger partial charge in [0.2, 0.25) is 5.91 Å². The molecule has 1 saturated carbocycles. The van der Waals surface area contributed by atoms with E-state index < -0.39 is 5.97 Å². The molecule has 0 aliphatic heterocycles. The van der Waals surface area contributed by atoms with E-state index in [-0.39, 0.29) is 23.3 Å². The van der Waals surface area contributed by atoms with Gasteiger partial charge in [-0.3, -0.25) is 9.59 Å². The first-order valence-electron chi connectivity index (χ1n) is 7.96. The predicted octanol–water partition coefficient (Wildman–Crippen LogP) is 3.11. The summed E-state index contributed by atoms with van der Waals surface area (Å²) in [6, 6.07) is 10.2. The van der Waals surface area contributed by atoms with Crippen LogP contribution in [0.4, 0.5) is 0 Å². The van der Waals surface area contributed by atoms with Crippen LogP contribution >= 0.6 is 0 Å². The topological polar surface area (TPSA) is 66.4 Å². The van der Waals surface area contributed by atoms with E-state index in [0.717, 1.165) is 18.4 Å². The zero-order valence-electron chi connectivity index (χ0n) is 13.3. The summed E-state index contributed by atoms with van der Waals surface area (Å²) in [4.78, 5) is 23.2. The van der Waals surface area contributed by atoms with Crippen molar-refractivity contribution in [1.82, 2.24) is 5.32 Å². The molecule has 0 spiro atoms. The fourth-order valence-electron chi connectivity index (χ4n) is 3.16. The van der Waals surface area contributed by atoms with Gasteiger partial charge in [0.1, 0.15) is 0 Å². The summed E-state index contributed by atoms with van der Waals surface area (Å²) in [5.74, 6) is -0.906. The number of hydrogen-bond acceptors (Lipinski definition) is 2. The largest absolute Gasteiger partial charge is 0.481 e. The van der Waals surface area contributed by atoms with E-state index in [0.29, 0.717) is 19.3 Å². The first-order valence-corrected chi connectivity index (χ1v) is 7.96. The molecule has 22 heavy (non-hydrogen) atoms. The minimum absolute atomic E-state index is 0.0487. The lowest BCUT2D eigenvalue weighted by Gasteiger charge is -2.29. The summed E-state index contributed by atoms with van der Waals surface area (Å²) >= 11 is 0. The van der Waals surface area contributed by atoms with Crippen molar-refractivity contribution in [3.8, 4) is 0 Å². The first-order chi connectivity index (χ1) is 10.4. The van der Waals surface area contributed by atoms with Crippen molar-refractivity contribution < 1.29 is 14.7 Å². The Morgan fingerprint density at radius 1 is 1.14 bits per heavy atom. The summed E-state index contributed by atoms with van der Waals surface area (Å²) in [5, 5.41) is 12.1. The smallest absolute Gasteiger partial charge is 0.306 e. The minimum atomic E-state index is -0.713. The highest BCUT2D eigenvalue weighted by Crippen LogP contribution is 2.28. The minimum Gasteiger partial charge on any atom is -0.481 e. The van der Waals surface area contributed by atoms with Crippen molar-refractivity contribution in [2.75, 3.05) is 0 Å². The van der Waals surface area contributed by atoms with Crippen molar-refractivity contribution >= 4 is 11.9 Å². The molecule has 1 aliphatic carbocycles. The number of benzene rings is 1. The van der Waals surface area contributed by atoms with Crippen LogP contribution in [-0.2, 0) is 15.0 Å². The van der Waals surface area contributed by atoms with Crippen molar-refractivity contribution in [2.45, 2.75) is 57.4 Å². The normalized spacial score (nSPS) is 22.1. The molecule has 1 aliphatic rings. The Morgan fingerprint density at radius 2 is 1.73 bits per heavy atom. The molecule has 0 aromatic heterocycles. The molecular weight excluding hydrogens is 278 g/mol. The molecule has 0 heterocycles. The van der Waals surface area contributed by atoms with Crippen LogP contribution in [0.25, 0.3) is 0 Å². The second-order valence-electron chi connectivity index (χ2n) is 6.88. The number of carbonyl (C=O) groups is 2. The number of aliphatic carboxylic acids is 1. The number of rotatable bonds is 5. The molecular formula is C18H25NO3. The summed E-state index contributed by atoms with van der Waals surface area (Å²) < 4.78 is 0. The Balaban J connectivity index is 1.85. The molecule has 0 unspecified atom stereocenters.